The third-order valence-corrected chi connectivity index (χ3v) is 5.20. The van der Waals surface area contributed by atoms with Crippen LogP contribution in [0, 0.1) is 0 Å². The smallest absolute Gasteiger partial charge is 0.337 e. The summed E-state index contributed by atoms with van der Waals surface area (Å²) in [5, 5.41) is 18.8. The topological polar surface area (TPSA) is 83.0 Å². The summed E-state index contributed by atoms with van der Waals surface area (Å²) in [6.45, 7) is 0.553. The van der Waals surface area contributed by atoms with Gasteiger partial charge in [0.2, 0.25) is 0 Å². The number of esters is 1. The van der Waals surface area contributed by atoms with Crippen LogP contribution in [-0.2, 0) is 11.3 Å². The number of guanidine groups is 1. The van der Waals surface area contributed by atoms with E-state index in [0.717, 1.165) is 17.7 Å². The van der Waals surface area contributed by atoms with Gasteiger partial charge in [-0.3, -0.25) is 0 Å². The monoisotopic (exact) mass is 373 g/mol. The van der Waals surface area contributed by atoms with Gasteiger partial charge in [-0.15, -0.1) is 11.3 Å². The number of hydrogen-bond acceptors (Lipinski definition) is 5. The predicted molar refractivity (Wildman–Crippen MR) is 104 cm³/mol. The molecule has 0 radical (unpaired) electrons. The average molecular weight is 373 g/mol. The Balaban J connectivity index is 1.79. The number of nitrogens with zero attached hydrogens (tertiary/aromatic N) is 1. The highest BCUT2D eigenvalue weighted by molar-refractivity contribution is 7.09. The lowest BCUT2D eigenvalue weighted by Crippen LogP contribution is -2.37. The fraction of sp³-hybridized carbons (Fsp3) is 0.368. The summed E-state index contributed by atoms with van der Waals surface area (Å²) in [4.78, 5) is 17.5. The second kappa shape index (κ2) is 8.71. The molecule has 1 aliphatic rings. The number of benzene rings is 1. The number of ether oxygens (including phenoxy) is 1. The van der Waals surface area contributed by atoms with Gasteiger partial charge in [-0.2, -0.15) is 0 Å². The summed E-state index contributed by atoms with van der Waals surface area (Å²) in [6.07, 6.45) is 4.62. The molecular formula is C19H23N3O3S. The quantitative estimate of drug-likeness (QED) is 0.322. The largest absolute Gasteiger partial charge is 0.506 e. The van der Waals surface area contributed by atoms with E-state index in [4.69, 9.17) is 4.74 Å². The first-order valence-electron chi connectivity index (χ1n) is 8.67. The molecule has 1 fully saturated rings. The van der Waals surface area contributed by atoms with Crippen molar-refractivity contribution in [1.82, 2.24) is 5.32 Å². The van der Waals surface area contributed by atoms with Crippen molar-refractivity contribution in [3.8, 4) is 5.75 Å². The van der Waals surface area contributed by atoms with E-state index >= 15 is 0 Å². The van der Waals surface area contributed by atoms with E-state index in [1.54, 1.807) is 17.4 Å². The van der Waals surface area contributed by atoms with Crippen molar-refractivity contribution in [3.63, 3.8) is 0 Å². The van der Waals surface area contributed by atoms with Gasteiger partial charge in [0.15, 0.2) is 5.96 Å². The molecule has 2 aromatic rings. The third kappa shape index (κ3) is 4.76. The summed E-state index contributed by atoms with van der Waals surface area (Å²) in [5.41, 5.74) is 0.787. The molecule has 0 spiro atoms. The van der Waals surface area contributed by atoms with Crippen LogP contribution < -0.4 is 10.6 Å². The molecular weight excluding hydrogens is 350 g/mol. The number of aliphatic imine (C=N–C) groups is 1. The van der Waals surface area contributed by atoms with Crippen molar-refractivity contribution in [3.05, 3.63) is 46.2 Å². The highest BCUT2D eigenvalue weighted by atomic mass is 32.1. The van der Waals surface area contributed by atoms with Crippen LogP contribution in [0.5, 0.6) is 5.75 Å². The molecule has 0 atom stereocenters. The molecule has 0 amide bonds. The third-order valence-electron chi connectivity index (χ3n) is 4.34. The van der Waals surface area contributed by atoms with E-state index in [9.17, 15) is 9.90 Å². The van der Waals surface area contributed by atoms with Crippen molar-refractivity contribution in [2.45, 2.75) is 38.3 Å². The van der Waals surface area contributed by atoms with Crippen molar-refractivity contribution < 1.29 is 14.6 Å². The molecule has 1 saturated carbocycles. The summed E-state index contributed by atoms with van der Waals surface area (Å²) in [5.74, 6) is 0.200. The van der Waals surface area contributed by atoms with Gasteiger partial charge in [0.1, 0.15) is 5.75 Å². The fourth-order valence-corrected chi connectivity index (χ4v) is 3.58. The molecule has 3 rings (SSSR count). The molecule has 1 aromatic carbocycles. The van der Waals surface area contributed by atoms with Gasteiger partial charge in [-0.25, -0.2) is 9.79 Å². The number of methoxy groups -OCH3 is 1. The zero-order valence-electron chi connectivity index (χ0n) is 14.7. The van der Waals surface area contributed by atoms with Gasteiger partial charge in [0, 0.05) is 10.9 Å². The average Bonchev–Trinajstić information content (AvgIpc) is 3.34. The molecule has 6 nitrogen and oxygen atoms in total. The summed E-state index contributed by atoms with van der Waals surface area (Å²) in [7, 11) is 1.33. The maximum Gasteiger partial charge on any atom is 0.337 e. The van der Waals surface area contributed by atoms with E-state index in [1.165, 1.54) is 32.1 Å². The first-order valence-corrected chi connectivity index (χ1v) is 9.55. The number of phenols is 1. The summed E-state index contributed by atoms with van der Waals surface area (Å²) >= 11 is 1.65. The number of hydrogen-bond donors (Lipinski definition) is 3. The number of thiophene rings is 1. The van der Waals surface area contributed by atoms with Gasteiger partial charge in [-0.05, 0) is 42.5 Å². The minimum Gasteiger partial charge on any atom is -0.506 e. The summed E-state index contributed by atoms with van der Waals surface area (Å²) < 4.78 is 4.75. The Morgan fingerprint density at radius 2 is 2.15 bits per heavy atom. The zero-order valence-corrected chi connectivity index (χ0v) is 15.5. The van der Waals surface area contributed by atoms with Crippen LogP contribution in [0.2, 0.25) is 0 Å². The Morgan fingerprint density at radius 1 is 1.35 bits per heavy atom. The van der Waals surface area contributed by atoms with Gasteiger partial charge in [-0.1, -0.05) is 18.9 Å². The molecule has 1 heterocycles. The molecule has 1 aliphatic carbocycles. The van der Waals surface area contributed by atoms with Gasteiger partial charge in [0.25, 0.3) is 0 Å². The lowest BCUT2D eigenvalue weighted by Gasteiger charge is -2.18. The number of carbonyl (C=O) groups excluding carboxylic acids is 1. The standard InChI is InChI=1S/C19H23N3O3S/c1-25-18(24)13-8-9-17(23)16(11-13)22-19(21-14-5-2-3-6-14)20-12-15-7-4-10-26-15/h4,7-11,14,23H,2-3,5-6,12H2,1H3,(H2,20,21,22). The molecule has 0 unspecified atom stereocenters. The van der Waals surface area contributed by atoms with E-state index in [2.05, 4.69) is 15.6 Å². The van der Waals surface area contributed by atoms with Crippen molar-refractivity contribution in [2.24, 2.45) is 4.99 Å². The highest BCUT2D eigenvalue weighted by Gasteiger charge is 2.17. The van der Waals surface area contributed by atoms with Crippen LogP contribution in [-0.4, -0.2) is 30.2 Å². The van der Waals surface area contributed by atoms with Crippen LogP contribution >= 0.6 is 11.3 Å². The molecule has 138 valence electrons. The molecule has 26 heavy (non-hydrogen) atoms. The first-order chi connectivity index (χ1) is 12.7. The number of phenolic OH excluding ortho intramolecular Hbond substituents is 1. The second-order valence-electron chi connectivity index (χ2n) is 6.22. The van der Waals surface area contributed by atoms with Crippen LogP contribution in [0.15, 0.2) is 40.7 Å². The second-order valence-corrected chi connectivity index (χ2v) is 7.25. The van der Waals surface area contributed by atoms with Crippen molar-refractivity contribution in [1.29, 1.82) is 0 Å². The van der Waals surface area contributed by atoms with Crippen molar-refractivity contribution >= 4 is 29.0 Å². The lowest BCUT2D eigenvalue weighted by atomic mass is 10.2. The van der Waals surface area contributed by atoms with Crippen LogP contribution in [0.3, 0.4) is 0 Å². The molecule has 1 aromatic heterocycles. The Kier molecular flexibility index (Phi) is 6.12. The fourth-order valence-electron chi connectivity index (χ4n) is 2.95. The predicted octanol–water partition coefficient (Wildman–Crippen LogP) is 3.74. The van der Waals surface area contributed by atoms with Crippen LogP contribution in [0.4, 0.5) is 5.69 Å². The van der Waals surface area contributed by atoms with Gasteiger partial charge >= 0.3 is 5.97 Å². The molecule has 0 bridgehead atoms. The first kappa shape index (κ1) is 18.3. The number of aromatic hydroxyl groups is 1. The van der Waals surface area contributed by atoms with E-state index in [1.807, 2.05) is 17.5 Å². The highest BCUT2D eigenvalue weighted by Crippen LogP contribution is 2.25. The minimum absolute atomic E-state index is 0.0506. The lowest BCUT2D eigenvalue weighted by molar-refractivity contribution is 0.0601. The number of nitrogens with one attached hydrogen (secondary N) is 2. The number of anilines is 1. The number of rotatable bonds is 5. The van der Waals surface area contributed by atoms with E-state index < -0.39 is 5.97 Å². The Hall–Kier alpha value is -2.54. The maximum atomic E-state index is 11.7. The zero-order chi connectivity index (χ0) is 18.4. The Morgan fingerprint density at radius 3 is 2.85 bits per heavy atom. The minimum atomic E-state index is -0.450. The number of carbonyl (C=O) groups is 1. The van der Waals surface area contributed by atoms with Crippen molar-refractivity contribution in [2.75, 3.05) is 12.4 Å². The molecule has 7 heteroatoms. The Bertz CT molecular complexity index is 768. The maximum absolute atomic E-state index is 11.7. The molecule has 3 N–H and O–H groups in total. The van der Waals surface area contributed by atoms with Gasteiger partial charge < -0.3 is 20.5 Å². The van der Waals surface area contributed by atoms with E-state index in [0.29, 0.717) is 29.8 Å². The normalized spacial score (nSPS) is 15.0. The SMILES string of the molecule is COC(=O)c1ccc(O)c(NC(=NCc2cccs2)NC2CCCC2)c1. The summed E-state index contributed by atoms with van der Waals surface area (Å²) in [6, 6.07) is 8.98. The van der Waals surface area contributed by atoms with Gasteiger partial charge in [0.05, 0.1) is 24.9 Å². The van der Waals surface area contributed by atoms with Crippen LogP contribution in [0.25, 0.3) is 0 Å². The van der Waals surface area contributed by atoms with E-state index in [-0.39, 0.29) is 5.75 Å². The van der Waals surface area contributed by atoms with Crippen LogP contribution in [0.1, 0.15) is 40.9 Å². The molecule has 0 saturated heterocycles. The Labute approximate surface area is 156 Å². The molecule has 0 aliphatic heterocycles.